The number of ether oxygens (including phenoxy) is 2. The molecule has 2 atom stereocenters. The van der Waals surface area contributed by atoms with Crippen molar-refractivity contribution in [2.45, 2.75) is 38.0 Å². The zero-order valence-corrected chi connectivity index (χ0v) is 28.6. The van der Waals surface area contributed by atoms with Gasteiger partial charge in [0, 0.05) is 62.2 Å². The Kier molecular flexibility index (Phi) is 14.5. The zero-order chi connectivity index (χ0) is 39.7. The van der Waals surface area contributed by atoms with E-state index >= 15 is 0 Å². The van der Waals surface area contributed by atoms with Gasteiger partial charge in [-0.2, -0.15) is 17.6 Å². The summed E-state index contributed by atoms with van der Waals surface area (Å²) < 4.78 is 151. The van der Waals surface area contributed by atoms with Gasteiger partial charge in [-0.05, 0) is 24.3 Å². The van der Waals surface area contributed by atoms with Crippen molar-refractivity contribution in [3.8, 4) is 11.5 Å². The summed E-state index contributed by atoms with van der Waals surface area (Å²) in [7, 11) is 1.20. The number of nitrogens with one attached hydrogen (secondary N) is 2. The van der Waals surface area contributed by atoms with Crippen LogP contribution in [0.3, 0.4) is 0 Å². The molecule has 0 aliphatic carbocycles. The number of hydrogen-bond donors (Lipinski definition) is 2. The van der Waals surface area contributed by atoms with E-state index in [0.29, 0.717) is 21.6 Å². The summed E-state index contributed by atoms with van der Waals surface area (Å²) in [4.78, 5) is 51.3. The van der Waals surface area contributed by atoms with Crippen LogP contribution in [0.25, 0.3) is 0 Å². The van der Waals surface area contributed by atoms with Gasteiger partial charge < -0.3 is 29.2 Å². The molecular weight excluding hydrogens is 790 g/mol. The van der Waals surface area contributed by atoms with E-state index in [1.54, 1.807) is 58.2 Å². The fourth-order valence-corrected chi connectivity index (χ4v) is 6.59. The number of carbonyl (C=O) groups is 4. The van der Waals surface area contributed by atoms with Gasteiger partial charge in [0.05, 0.1) is 0 Å². The van der Waals surface area contributed by atoms with Crippen LogP contribution in [0.1, 0.15) is 12.8 Å². The van der Waals surface area contributed by atoms with E-state index in [4.69, 9.17) is 0 Å². The first-order chi connectivity index (χ1) is 25.6. The van der Waals surface area contributed by atoms with Crippen LogP contribution in [-0.4, -0.2) is 56.5 Å². The molecule has 22 heteroatoms. The average molecular weight is 815 g/mol. The van der Waals surface area contributed by atoms with Gasteiger partial charge in [0.25, 0.3) is 0 Å². The van der Waals surface area contributed by atoms with E-state index in [1.165, 1.54) is 0 Å². The van der Waals surface area contributed by atoms with Gasteiger partial charge in [0.2, 0.25) is 81.5 Å². The highest BCUT2D eigenvalue weighted by molar-refractivity contribution is 8.76. The molecule has 2 heterocycles. The van der Waals surface area contributed by atoms with Gasteiger partial charge in [-0.15, -0.1) is 0 Å². The van der Waals surface area contributed by atoms with Gasteiger partial charge in [0.1, 0.15) is 12.1 Å². The highest BCUT2D eigenvalue weighted by atomic mass is 33.1. The maximum absolute atomic E-state index is 14.3. The number of aryl methyl sites for hydroxylation is 2. The largest absolute Gasteiger partial charge is 0.418 e. The Morgan fingerprint density at radius 1 is 0.500 bits per heavy atom. The average Bonchev–Trinajstić information content (AvgIpc) is 3.89. The molecule has 54 heavy (non-hydrogen) atoms. The first kappa shape index (κ1) is 41.6. The van der Waals surface area contributed by atoms with Crippen molar-refractivity contribution in [1.29, 1.82) is 0 Å². The van der Waals surface area contributed by atoms with E-state index < -0.39 is 117 Å². The quantitative estimate of drug-likeness (QED) is 0.0264. The van der Waals surface area contributed by atoms with Gasteiger partial charge in [0.15, 0.2) is 0 Å². The van der Waals surface area contributed by atoms with Gasteiger partial charge >= 0.3 is 11.9 Å². The predicted octanol–water partition coefficient (Wildman–Crippen LogP) is 5.72. The Morgan fingerprint density at radius 2 is 0.778 bits per heavy atom. The number of aromatic nitrogens is 2. The molecule has 2 aromatic carbocycles. The van der Waals surface area contributed by atoms with Crippen molar-refractivity contribution in [2.75, 3.05) is 11.5 Å². The summed E-state index contributed by atoms with van der Waals surface area (Å²) in [6.45, 7) is 0.161. The zero-order valence-electron chi connectivity index (χ0n) is 27.0. The molecule has 0 spiro atoms. The SMILES string of the molecule is O=C(CCn1cccc1)N[C@@H](CSSC[C@H](NC(=O)CCn1cccc1)C(=O)Oc1c(F)c(F)c(F)c(F)c1F)C(=O)Oc1c(F)c(F)c(F)c(F)c1F. The summed E-state index contributed by atoms with van der Waals surface area (Å²) in [5.74, 6) is -34.9. The Labute approximate surface area is 305 Å². The number of nitrogens with zero attached hydrogens (tertiary/aromatic N) is 2. The van der Waals surface area contributed by atoms with Crippen LogP contribution in [0.4, 0.5) is 43.9 Å². The molecule has 4 aromatic rings. The molecular formula is C32H24F10N4O6S2. The molecule has 0 saturated heterocycles. The second-order valence-electron chi connectivity index (χ2n) is 10.8. The summed E-state index contributed by atoms with van der Waals surface area (Å²) >= 11 is 0. The Morgan fingerprint density at radius 3 is 1.07 bits per heavy atom. The molecule has 0 unspecified atom stereocenters. The lowest BCUT2D eigenvalue weighted by Gasteiger charge is -2.20. The van der Waals surface area contributed by atoms with E-state index in [9.17, 15) is 63.1 Å². The minimum Gasteiger partial charge on any atom is -0.418 e. The molecule has 10 nitrogen and oxygen atoms in total. The number of esters is 2. The summed E-state index contributed by atoms with van der Waals surface area (Å²) in [5, 5.41) is 4.39. The number of benzene rings is 2. The molecule has 290 valence electrons. The number of hydrogen-bond acceptors (Lipinski definition) is 8. The molecule has 4 rings (SSSR count). The third kappa shape index (κ3) is 10.3. The fourth-order valence-electron chi connectivity index (χ4n) is 4.29. The molecule has 0 bridgehead atoms. The van der Waals surface area contributed by atoms with Crippen LogP contribution in [0.15, 0.2) is 49.1 Å². The fraction of sp³-hybridized carbons (Fsp3) is 0.250. The minimum atomic E-state index is -2.53. The summed E-state index contributed by atoms with van der Waals surface area (Å²) in [6.07, 6.45) is 5.84. The molecule has 0 aliphatic rings. The van der Waals surface area contributed by atoms with E-state index in [-0.39, 0.29) is 25.9 Å². The van der Waals surface area contributed by atoms with Crippen molar-refractivity contribution < 1.29 is 72.6 Å². The first-order valence-electron chi connectivity index (χ1n) is 15.1. The third-order valence-corrected chi connectivity index (χ3v) is 9.49. The van der Waals surface area contributed by atoms with E-state index in [1.807, 2.05) is 0 Å². The highest BCUT2D eigenvalue weighted by Crippen LogP contribution is 2.32. The van der Waals surface area contributed by atoms with Crippen molar-refractivity contribution in [2.24, 2.45) is 0 Å². The molecule has 0 radical (unpaired) electrons. The third-order valence-electron chi connectivity index (χ3n) is 7.06. The van der Waals surface area contributed by atoms with Crippen LogP contribution in [0.2, 0.25) is 0 Å². The molecule has 0 fully saturated rings. The van der Waals surface area contributed by atoms with Gasteiger partial charge in [-0.25, -0.2) is 35.9 Å². The minimum absolute atomic E-state index is 0.0804. The van der Waals surface area contributed by atoms with Crippen LogP contribution in [-0.2, 0) is 32.3 Å². The van der Waals surface area contributed by atoms with Crippen LogP contribution in [0, 0.1) is 58.2 Å². The van der Waals surface area contributed by atoms with Crippen molar-refractivity contribution in [1.82, 2.24) is 19.8 Å². The molecule has 0 saturated carbocycles. The first-order valence-corrected chi connectivity index (χ1v) is 17.6. The van der Waals surface area contributed by atoms with Crippen molar-refractivity contribution in [3.63, 3.8) is 0 Å². The maximum atomic E-state index is 14.3. The Balaban J connectivity index is 1.49. The number of amides is 2. The second kappa shape index (κ2) is 18.8. The van der Waals surface area contributed by atoms with Crippen molar-refractivity contribution >= 4 is 45.3 Å². The van der Waals surface area contributed by atoms with Crippen molar-refractivity contribution in [3.05, 3.63) is 107 Å². The second-order valence-corrected chi connectivity index (χ2v) is 13.3. The molecule has 2 aromatic heterocycles. The summed E-state index contributed by atoms with van der Waals surface area (Å²) in [6, 6.07) is 2.87. The molecule has 2 N–H and O–H groups in total. The highest BCUT2D eigenvalue weighted by Gasteiger charge is 2.33. The standard InChI is InChI=1S/C32H24F10N4O6S2/c33-19-21(35)25(39)29(26(40)22(19)36)51-31(49)15(43-17(47)5-11-45-7-1-2-8-45)13-53-54-14-16(44-18(48)6-12-46-9-3-4-10-46)32(50)52-30-27(41)23(37)20(34)24(38)28(30)42/h1-4,7-10,15-16H,5-6,11-14H2,(H,43,47)(H,44,48)/t15-,16-/m0/s1. The van der Waals surface area contributed by atoms with Gasteiger partial charge in [-0.3, -0.25) is 9.59 Å². The van der Waals surface area contributed by atoms with Crippen LogP contribution >= 0.6 is 21.6 Å². The van der Waals surface area contributed by atoms with E-state index in [0.717, 1.165) is 0 Å². The van der Waals surface area contributed by atoms with E-state index in [2.05, 4.69) is 20.1 Å². The number of halogens is 10. The monoisotopic (exact) mass is 814 g/mol. The topological polar surface area (TPSA) is 121 Å². The van der Waals surface area contributed by atoms with Gasteiger partial charge in [-0.1, -0.05) is 21.6 Å². The predicted molar refractivity (Wildman–Crippen MR) is 171 cm³/mol. The smallest absolute Gasteiger partial charge is 0.335 e. The normalized spacial score (nSPS) is 12.3. The Hall–Kier alpha value is -5.12. The maximum Gasteiger partial charge on any atom is 0.335 e. The number of carbonyl (C=O) groups excluding carboxylic acids is 4. The lowest BCUT2D eigenvalue weighted by Crippen LogP contribution is -2.46. The van der Waals surface area contributed by atoms with Crippen LogP contribution in [0.5, 0.6) is 11.5 Å². The molecule has 2 amide bonds. The lowest BCUT2D eigenvalue weighted by molar-refractivity contribution is -0.139. The summed E-state index contributed by atoms with van der Waals surface area (Å²) in [5.41, 5.74) is 0. The molecule has 0 aliphatic heterocycles. The lowest BCUT2D eigenvalue weighted by atomic mass is 10.2. The Bertz CT molecular complexity index is 1800. The van der Waals surface area contributed by atoms with Crippen LogP contribution < -0.4 is 20.1 Å². The number of rotatable bonds is 17.